The van der Waals surface area contributed by atoms with Gasteiger partial charge in [-0.3, -0.25) is 10.2 Å². The number of rotatable bonds is 0. The Kier molecular flexibility index (Phi) is 3.31. The van der Waals surface area contributed by atoms with E-state index in [-0.39, 0.29) is 10.9 Å². The van der Waals surface area contributed by atoms with Crippen molar-refractivity contribution in [3.8, 4) is 6.07 Å². The third-order valence-electron chi connectivity index (χ3n) is 3.91. The van der Waals surface area contributed by atoms with Crippen molar-refractivity contribution in [2.75, 3.05) is 20.1 Å². The van der Waals surface area contributed by atoms with Crippen LogP contribution in [0.2, 0.25) is 0 Å². The fourth-order valence-electron chi connectivity index (χ4n) is 2.79. The summed E-state index contributed by atoms with van der Waals surface area (Å²) in [5, 5.41) is 19.2. The van der Waals surface area contributed by atoms with Crippen LogP contribution >= 0.6 is 12.2 Å². The molecule has 6 heteroatoms. The van der Waals surface area contributed by atoms with Gasteiger partial charge in [-0.05, 0) is 38.8 Å². The van der Waals surface area contributed by atoms with Crippen molar-refractivity contribution < 1.29 is 4.79 Å². The molecule has 18 heavy (non-hydrogen) atoms. The summed E-state index contributed by atoms with van der Waals surface area (Å²) >= 11 is 5.11. The van der Waals surface area contributed by atoms with Crippen molar-refractivity contribution >= 4 is 29.0 Å². The summed E-state index contributed by atoms with van der Waals surface area (Å²) in [6.45, 7) is 1.58. The van der Waals surface area contributed by atoms with E-state index < -0.39 is 11.3 Å². The maximum atomic E-state index is 11.9. The fraction of sp³-hybridized carbons (Fsp3) is 0.583. The SMILES string of the molecule is CN1CCC2(CC1)C(=C=N)C(=S)NC(=O)C2C#N. The Hall–Kier alpha value is -1.54. The van der Waals surface area contributed by atoms with Crippen LogP contribution in [0.3, 0.4) is 0 Å². The molecule has 2 rings (SSSR count). The van der Waals surface area contributed by atoms with Crippen LogP contribution in [-0.4, -0.2) is 41.8 Å². The van der Waals surface area contributed by atoms with Gasteiger partial charge in [-0.2, -0.15) is 5.26 Å². The number of nitriles is 1. The zero-order valence-corrected chi connectivity index (χ0v) is 10.9. The van der Waals surface area contributed by atoms with Gasteiger partial charge in [0.2, 0.25) is 5.91 Å². The topological polar surface area (TPSA) is 80.0 Å². The van der Waals surface area contributed by atoms with E-state index in [1.54, 1.807) is 0 Å². The normalized spacial score (nSPS) is 27.6. The second-order valence-corrected chi connectivity index (χ2v) is 5.25. The quantitative estimate of drug-likeness (QED) is 0.378. The van der Waals surface area contributed by atoms with Crippen molar-refractivity contribution in [3.63, 3.8) is 0 Å². The first kappa shape index (κ1) is 12.9. The molecule has 2 saturated heterocycles. The highest BCUT2D eigenvalue weighted by atomic mass is 32.1. The third-order valence-corrected chi connectivity index (χ3v) is 4.22. The van der Waals surface area contributed by atoms with Crippen LogP contribution in [0.4, 0.5) is 0 Å². The van der Waals surface area contributed by atoms with Gasteiger partial charge < -0.3 is 10.2 Å². The van der Waals surface area contributed by atoms with Gasteiger partial charge in [0.25, 0.3) is 0 Å². The second-order valence-electron chi connectivity index (χ2n) is 4.84. The number of thiocarbonyl (C=S) groups is 1. The summed E-state index contributed by atoms with van der Waals surface area (Å²) in [7, 11) is 2.00. The van der Waals surface area contributed by atoms with Crippen LogP contribution in [0.5, 0.6) is 0 Å². The van der Waals surface area contributed by atoms with Crippen molar-refractivity contribution in [1.82, 2.24) is 10.2 Å². The van der Waals surface area contributed by atoms with Crippen molar-refractivity contribution in [2.24, 2.45) is 11.3 Å². The van der Waals surface area contributed by atoms with Gasteiger partial charge in [0, 0.05) is 5.41 Å². The number of amides is 1. The summed E-state index contributed by atoms with van der Waals surface area (Å²) in [5.74, 6) is 1.24. The number of nitrogens with one attached hydrogen (secondary N) is 2. The van der Waals surface area contributed by atoms with Crippen LogP contribution < -0.4 is 5.32 Å². The highest BCUT2D eigenvalue weighted by Crippen LogP contribution is 2.46. The number of likely N-dealkylation sites (tertiary alicyclic amines) is 1. The van der Waals surface area contributed by atoms with Gasteiger partial charge in [-0.1, -0.05) is 12.2 Å². The van der Waals surface area contributed by atoms with Gasteiger partial charge >= 0.3 is 0 Å². The summed E-state index contributed by atoms with van der Waals surface area (Å²) in [6, 6.07) is 2.08. The molecule has 0 aromatic heterocycles. The van der Waals surface area contributed by atoms with E-state index in [1.165, 1.54) is 0 Å². The van der Waals surface area contributed by atoms with E-state index in [4.69, 9.17) is 17.6 Å². The molecular weight excluding hydrogens is 248 g/mol. The number of carbonyl (C=O) groups is 1. The molecular formula is C12H14N4OS. The Morgan fingerprint density at radius 1 is 1.56 bits per heavy atom. The molecule has 2 fully saturated rings. The highest BCUT2D eigenvalue weighted by Gasteiger charge is 2.52. The molecule has 2 N–H and O–H groups in total. The summed E-state index contributed by atoms with van der Waals surface area (Å²) in [5.41, 5.74) is -0.112. The Morgan fingerprint density at radius 2 is 2.17 bits per heavy atom. The highest BCUT2D eigenvalue weighted by molar-refractivity contribution is 7.80. The predicted molar refractivity (Wildman–Crippen MR) is 70.2 cm³/mol. The lowest BCUT2D eigenvalue weighted by atomic mass is 9.62. The molecule has 1 amide bonds. The maximum Gasteiger partial charge on any atom is 0.243 e. The standard InChI is InChI=1S/C12H14N4OS/c1-16-4-2-12(3-5-16)8(6-13)10(17)15-11(18)9(12)7-14/h8,14H,2-5H2,1H3,(H,15,17,18). The minimum atomic E-state index is -0.772. The van der Waals surface area contributed by atoms with Gasteiger partial charge in [-0.25, -0.2) is 0 Å². The van der Waals surface area contributed by atoms with Gasteiger partial charge in [-0.15, -0.1) is 0 Å². The lowest BCUT2D eigenvalue weighted by Crippen LogP contribution is -2.56. The van der Waals surface area contributed by atoms with E-state index in [0.29, 0.717) is 18.4 Å². The van der Waals surface area contributed by atoms with E-state index in [9.17, 15) is 10.1 Å². The molecule has 0 aliphatic carbocycles. The Bertz CT molecular complexity index is 493. The average molecular weight is 262 g/mol. The molecule has 1 spiro atoms. The number of hydrogen-bond donors (Lipinski definition) is 2. The first-order valence-corrected chi connectivity index (χ1v) is 6.19. The van der Waals surface area contributed by atoms with E-state index in [1.807, 2.05) is 7.05 Å². The third kappa shape index (κ3) is 1.77. The van der Waals surface area contributed by atoms with Crippen LogP contribution in [0.15, 0.2) is 5.57 Å². The number of piperidine rings is 2. The number of hydrogen-bond acceptors (Lipinski definition) is 5. The number of carbonyl (C=O) groups excluding carboxylic acids is 1. The van der Waals surface area contributed by atoms with E-state index in [2.05, 4.69) is 22.2 Å². The van der Waals surface area contributed by atoms with E-state index >= 15 is 0 Å². The molecule has 0 aromatic rings. The average Bonchev–Trinajstić information content (AvgIpc) is 2.33. The molecule has 0 aromatic carbocycles. The zero-order chi connectivity index (χ0) is 13.3. The summed E-state index contributed by atoms with van der Waals surface area (Å²) < 4.78 is 0. The van der Waals surface area contributed by atoms with Crippen LogP contribution in [0.1, 0.15) is 12.8 Å². The zero-order valence-electron chi connectivity index (χ0n) is 10.1. The Balaban J connectivity index is 2.49. The first-order valence-electron chi connectivity index (χ1n) is 5.78. The molecule has 0 radical (unpaired) electrons. The summed E-state index contributed by atoms with van der Waals surface area (Å²) in [4.78, 5) is 14.3. The molecule has 94 valence electrons. The van der Waals surface area contributed by atoms with Gasteiger partial charge in [0.15, 0.2) is 0 Å². The first-order chi connectivity index (χ1) is 8.55. The van der Waals surface area contributed by atoms with Gasteiger partial charge in [0.1, 0.15) is 10.9 Å². The molecule has 0 bridgehead atoms. The number of nitrogens with zero attached hydrogens (tertiary/aromatic N) is 2. The second kappa shape index (κ2) is 4.62. The molecule has 1 unspecified atom stereocenters. The summed E-state index contributed by atoms with van der Waals surface area (Å²) in [6.07, 6.45) is 1.33. The minimum Gasteiger partial charge on any atom is -0.315 e. The predicted octanol–water partition coefficient (Wildman–Crippen LogP) is 0.470. The Morgan fingerprint density at radius 3 is 2.67 bits per heavy atom. The monoisotopic (exact) mass is 262 g/mol. The molecule has 2 aliphatic rings. The largest absolute Gasteiger partial charge is 0.315 e. The van der Waals surface area contributed by atoms with Crippen molar-refractivity contribution in [2.45, 2.75) is 12.8 Å². The van der Waals surface area contributed by atoms with Crippen molar-refractivity contribution in [1.29, 1.82) is 10.7 Å². The lowest BCUT2D eigenvalue weighted by molar-refractivity contribution is -0.126. The molecule has 5 nitrogen and oxygen atoms in total. The molecule has 2 aliphatic heterocycles. The molecule has 2 heterocycles. The maximum absolute atomic E-state index is 11.9. The van der Waals surface area contributed by atoms with Crippen molar-refractivity contribution in [3.05, 3.63) is 5.57 Å². The van der Waals surface area contributed by atoms with Crippen LogP contribution in [0, 0.1) is 28.1 Å². The molecule has 1 atom stereocenters. The fourth-order valence-corrected chi connectivity index (χ4v) is 3.14. The van der Waals surface area contributed by atoms with Gasteiger partial charge in [0.05, 0.1) is 11.6 Å². The smallest absolute Gasteiger partial charge is 0.243 e. The van der Waals surface area contributed by atoms with E-state index in [0.717, 1.165) is 13.1 Å². The Labute approximate surface area is 111 Å². The van der Waals surface area contributed by atoms with Crippen LogP contribution in [-0.2, 0) is 4.79 Å². The minimum absolute atomic E-state index is 0.256. The lowest BCUT2D eigenvalue weighted by Gasteiger charge is -2.45. The molecule has 0 saturated carbocycles. The van der Waals surface area contributed by atoms with Crippen LogP contribution in [0.25, 0.3) is 0 Å².